The minimum atomic E-state index is -0.0771. The summed E-state index contributed by atoms with van der Waals surface area (Å²) in [5.41, 5.74) is 4.92. The number of nitrogens with one attached hydrogen (secondary N) is 1. The van der Waals surface area contributed by atoms with Crippen LogP contribution in [-0.4, -0.2) is 24.0 Å². The van der Waals surface area contributed by atoms with Gasteiger partial charge in [0.15, 0.2) is 0 Å². The van der Waals surface area contributed by atoms with Crippen molar-refractivity contribution in [3.63, 3.8) is 0 Å². The first-order chi connectivity index (χ1) is 12.6. The normalized spacial score (nSPS) is 11.0. The Morgan fingerprint density at radius 1 is 1.19 bits per heavy atom. The molecule has 0 fully saturated rings. The Bertz CT molecular complexity index is 856. The van der Waals surface area contributed by atoms with Crippen molar-refractivity contribution >= 4 is 27.5 Å². The summed E-state index contributed by atoms with van der Waals surface area (Å²) in [6, 6.07) is 14.5. The molecule has 1 amide bonds. The van der Waals surface area contributed by atoms with E-state index >= 15 is 0 Å². The van der Waals surface area contributed by atoms with E-state index in [4.69, 9.17) is 4.74 Å². The first kappa shape index (κ1) is 18.5. The van der Waals surface area contributed by atoms with Gasteiger partial charge in [-0.3, -0.25) is 4.79 Å². The predicted molar refractivity (Wildman–Crippen MR) is 107 cm³/mol. The quantitative estimate of drug-likeness (QED) is 0.607. The number of hydrogen-bond acceptors (Lipinski definition) is 4. The van der Waals surface area contributed by atoms with E-state index in [2.05, 4.69) is 42.3 Å². The molecule has 0 aliphatic rings. The Morgan fingerprint density at radius 3 is 2.85 bits per heavy atom. The molecule has 0 radical (unpaired) electrons. The molecule has 1 aromatic heterocycles. The molecule has 2 aromatic carbocycles. The average Bonchev–Trinajstić information content (AvgIpc) is 3.03. The standard InChI is InChI=1S/C21H24N2O2S/c1-15-9-10-17(16(2)12-15)6-5-11-22-20(24)13-25-14-21-23-18-7-3-4-8-19(18)26-21/h3-4,7-10,12H,5-6,11,13-14H2,1-2H3,(H,22,24). The monoisotopic (exact) mass is 368 g/mol. The number of thiazole rings is 1. The van der Waals surface area contributed by atoms with Crippen LogP contribution in [-0.2, 0) is 22.6 Å². The first-order valence-corrected chi connectivity index (χ1v) is 9.68. The Kier molecular flexibility index (Phi) is 6.36. The molecule has 4 nitrogen and oxygen atoms in total. The van der Waals surface area contributed by atoms with Gasteiger partial charge in [-0.05, 0) is 49.9 Å². The minimum Gasteiger partial charge on any atom is -0.364 e. The van der Waals surface area contributed by atoms with Gasteiger partial charge in [-0.1, -0.05) is 35.9 Å². The van der Waals surface area contributed by atoms with E-state index in [1.807, 2.05) is 24.3 Å². The van der Waals surface area contributed by atoms with Crippen molar-refractivity contribution < 1.29 is 9.53 Å². The molecule has 136 valence electrons. The molecule has 3 aromatic rings. The highest BCUT2D eigenvalue weighted by Crippen LogP contribution is 2.21. The zero-order valence-corrected chi connectivity index (χ0v) is 16.1. The van der Waals surface area contributed by atoms with E-state index in [0.717, 1.165) is 28.1 Å². The lowest BCUT2D eigenvalue weighted by molar-refractivity contribution is -0.126. The lowest BCUT2D eigenvalue weighted by Crippen LogP contribution is -2.28. The number of amides is 1. The van der Waals surface area contributed by atoms with Crippen molar-refractivity contribution in [1.82, 2.24) is 10.3 Å². The van der Waals surface area contributed by atoms with Crippen LogP contribution >= 0.6 is 11.3 Å². The first-order valence-electron chi connectivity index (χ1n) is 8.87. The van der Waals surface area contributed by atoms with Gasteiger partial charge < -0.3 is 10.1 Å². The van der Waals surface area contributed by atoms with E-state index in [-0.39, 0.29) is 12.5 Å². The van der Waals surface area contributed by atoms with Gasteiger partial charge in [0.05, 0.1) is 16.8 Å². The van der Waals surface area contributed by atoms with Crippen molar-refractivity contribution in [2.24, 2.45) is 0 Å². The number of carbonyl (C=O) groups excluding carboxylic acids is 1. The van der Waals surface area contributed by atoms with Crippen molar-refractivity contribution in [1.29, 1.82) is 0 Å². The number of aryl methyl sites for hydroxylation is 3. The number of ether oxygens (including phenoxy) is 1. The number of aromatic nitrogens is 1. The molecule has 0 saturated heterocycles. The van der Waals surface area contributed by atoms with Gasteiger partial charge in [0.1, 0.15) is 11.6 Å². The number of benzene rings is 2. The van der Waals surface area contributed by atoms with Gasteiger partial charge in [-0.2, -0.15) is 0 Å². The molecule has 0 spiro atoms. The smallest absolute Gasteiger partial charge is 0.246 e. The Morgan fingerprint density at radius 2 is 2.04 bits per heavy atom. The third kappa shape index (κ3) is 5.13. The number of rotatable bonds is 8. The molecular weight excluding hydrogens is 344 g/mol. The predicted octanol–water partition coefficient (Wildman–Crippen LogP) is 4.18. The number of carbonyl (C=O) groups is 1. The van der Waals surface area contributed by atoms with Crippen LogP contribution in [0.3, 0.4) is 0 Å². The van der Waals surface area contributed by atoms with Crippen LogP contribution in [0.15, 0.2) is 42.5 Å². The van der Waals surface area contributed by atoms with Gasteiger partial charge in [-0.25, -0.2) is 4.98 Å². The average molecular weight is 369 g/mol. The maximum absolute atomic E-state index is 11.9. The summed E-state index contributed by atoms with van der Waals surface area (Å²) in [7, 11) is 0. The molecule has 0 atom stereocenters. The third-order valence-corrected chi connectivity index (χ3v) is 5.25. The van der Waals surface area contributed by atoms with Crippen LogP contribution in [0.1, 0.15) is 28.1 Å². The number of fused-ring (bicyclic) bond motifs is 1. The summed E-state index contributed by atoms with van der Waals surface area (Å²) in [4.78, 5) is 16.4. The fourth-order valence-electron chi connectivity index (χ4n) is 2.90. The van der Waals surface area contributed by atoms with Gasteiger partial charge >= 0.3 is 0 Å². The van der Waals surface area contributed by atoms with Gasteiger partial charge in [0.25, 0.3) is 0 Å². The molecule has 0 aliphatic carbocycles. The van der Waals surface area contributed by atoms with Gasteiger partial charge in [-0.15, -0.1) is 11.3 Å². The van der Waals surface area contributed by atoms with Crippen molar-refractivity contribution in [3.8, 4) is 0 Å². The van der Waals surface area contributed by atoms with E-state index in [9.17, 15) is 4.79 Å². The second kappa shape index (κ2) is 8.92. The van der Waals surface area contributed by atoms with Gasteiger partial charge in [0.2, 0.25) is 5.91 Å². The third-order valence-electron chi connectivity index (χ3n) is 4.24. The summed E-state index contributed by atoms with van der Waals surface area (Å²) < 4.78 is 6.64. The molecule has 0 aliphatic heterocycles. The number of nitrogens with zero attached hydrogens (tertiary/aromatic N) is 1. The van der Waals surface area contributed by atoms with Crippen LogP contribution in [0.5, 0.6) is 0 Å². The molecule has 1 N–H and O–H groups in total. The lowest BCUT2D eigenvalue weighted by atomic mass is 10.0. The maximum Gasteiger partial charge on any atom is 0.246 e. The van der Waals surface area contributed by atoms with Crippen molar-refractivity contribution in [2.75, 3.05) is 13.2 Å². The summed E-state index contributed by atoms with van der Waals surface area (Å²) in [6.45, 7) is 5.34. The lowest BCUT2D eigenvalue weighted by Gasteiger charge is -2.08. The van der Waals surface area contributed by atoms with Crippen molar-refractivity contribution in [3.05, 3.63) is 64.2 Å². The van der Waals surface area contributed by atoms with Crippen molar-refractivity contribution in [2.45, 2.75) is 33.3 Å². The van der Waals surface area contributed by atoms with Crippen LogP contribution in [0.2, 0.25) is 0 Å². The summed E-state index contributed by atoms with van der Waals surface area (Å²) in [5, 5.41) is 3.81. The number of para-hydroxylation sites is 1. The van der Waals surface area contributed by atoms with Crippen LogP contribution in [0, 0.1) is 13.8 Å². The fraction of sp³-hybridized carbons (Fsp3) is 0.333. The maximum atomic E-state index is 11.9. The summed E-state index contributed by atoms with van der Waals surface area (Å²) >= 11 is 1.60. The van der Waals surface area contributed by atoms with E-state index in [0.29, 0.717) is 13.2 Å². The molecule has 0 saturated carbocycles. The van der Waals surface area contributed by atoms with Crippen LogP contribution < -0.4 is 5.32 Å². The Balaban J connectivity index is 1.34. The highest BCUT2D eigenvalue weighted by molar-refractivity contribution is 7.18. The summed E-state index contributed by atoms with van der Waals surface area (Å²) in [5.74, 6) is -0.0771. The highest BCUT2D eigenvalue weighted by atomic mass is 32.1. The second-order valence-corrected chi connectivity index (χ2v) is 7.57. The zero-order chi connectivity index (χ0) is 18.4. The highest BCUT2D eigenvalue weighted by Gasteiger charge is 2.06. The molecule has 3 rings (SSSR count). The summed E-state index contributed by atoms with van der Waals surface area (Å²) in [6.07, 6.45) is 1.90. The molecule has 5 heteroatoms. The van der Waals surface area contributed by atoms with Gasteiger partial charge in [0, 0.05) is 6.54 Å². The Hall–Kier alpha value is -2.24. The number of hydrogen-bond donors (Lipinski definition) is 1. The van der Waals surface area contributed by atoms with E-state index in [1.165, 1.54) is 16.7 Å². The SMILES string of the molecule is Cc1ccc(CCCNC(=O)COCc2nc3ccccc3s2)c(C)c1. The largest absolute Gasteiger partial charge is 0.364 e. The van der Waals surface area contributed by atoms with Crippen LogP contribution in [0.25, 0.3) is 10.2 Å². The Labute approximate surface area is 158 Å². The molecule has 1 heterocycles. The fourth-order valence-corrected chi connectivity index (χ4v) is 3.80. The zero-order valence-electron chi connectivity index (χ0n) is 15.2. The van der Waals surface area contributed by atoms with E-state index < -0.39 is 0 Å². The minimum absolute atomic E-state index is 0.0689. The molecule has 0 unspecified atom stereocenters. The molecule has 26 heavy (non-hydrogen) atoms. The molecule has 0 bridgehead atoms. The molecular formula is C21H24N2O2S. The van der Waals surface area contributed by atoms with E-state index in [1.54, 1.807) is 11.3 Å². The second-order valence-electron chi connectivity index (χ2n) is 6.45. The topological polar surface area (TPSA) is 51.2 Å². The van der Waals surface area contributed by atoms with Crippen LogP contribution in [0.4, 0.5) is 0 Å².